The number of benzene rings is 1. The second-order valence-corrected chi connectivity index (χ2v) is 5.19. The fraction of sp³-hybridized carbons (Fsp3) is 0.438. The molecule has 0 aromatic heterocycles. The molecule has 3 rings (SSSR count). The van der Waals surface area contributed by atoms with Gasteiger partial charge in [-0.15, -0.1) is 6.58 Å². The van der Waals surface area contributed by atoms with Crippen LogP contribution in [0.2, 0.25) is 0 Å². The number of fused-ring (bicyclic) bond motifs is 2. The number of ether oxygens (including phenoxy) is 4. The third-order valence-electron chi connectivity index (χ3n) is 3.70. The van der Waals surface area contributed by atoms with Crippen molar-refractivity contribution in [3.05, 3.63) is 48.6 Å². The second-order valence-electron chi connectivity index (χ2n) is 5.19. The minimum absolute atomic E-state index is 0.245. The van der Waals surface area contributed by atoms with E-state index in [-0.39, 0.29) is 13.2 Å². The van der Waals surface area contributed by atoms with Crippen molar-refractivity contribution in [1.29, 1.82) is 0 Å². The Labute approximate surface area is 128 Å². The number of carbonyl (C=O) groups is 1. The minimum Gasteiger partial charge on any atom is -0.453 e. The molecule has 6 nitrogen and oxygen atoms in total. The summed E-state index contributed by atoms with van der Waals surface area (Å²) in [5.74, 6) is -0.513. The van der Waals surface area contributed by atoms with E-state index in [4.69, 9.17) is 18.9 Å². The molecule has 1 aromatic rings. The molecule has 2 fully saturated rings. The van der Waals surface area contributed by atoms with E-state index in [1.54, 1.807) is 30.3 Å². The predicted octanol–water partition coefficient (Wildman–Crippen LogP) is 0.899. The topological polar surface area (TPSA) is 74.2 Å². The number of rotatable bonds is 5. The summed E-state index contributed by atoms with van der Waals surface area (Å²) in [5.41, 5.74) is 0.416. The summed E-state index contributed by atoms with van der Waals surface area (Å²) in [6.07, 6.45) is -2.13. The molecule has 0 amide bonds. The molecular weight excluding hydrogens is 288 g/mol. The van der Waals surface area contributed by atoms with Crippen LogP contribution >= 0.6 is 0 Å². The first-order valence-electron chi connectivity index (χ1n) is 7.14. The second kappa shape index (κ2) is 6.58. The molecule has 0 radical (unpaired) electrons. The van der Waals surface area contributed by atoms with Gasteiger partial charge in [0.2, 0.25) is 0 Å². The third-order valence-corrected chi connectivity index (χ3v) is 3.70. The predicted molar refractivity (Wildman–Crippen MR) is 76.2 cm³/mol. The van der Waals surface area contributed by atoms with Crippen molar-refractivity contribution < 1.29 is 28.8 Å². The summed E-state index contributed by atoms with van der Waals surface area (Å²) in [5, 5.41) is 10.4. The van der Waals surface area contributed by atoms with Crippen LogP contribution in [0.3, 0.4) is 0 Å². The van der Waals surface area contributed by atoms with Crippen molar-refractivity contribution in [2.45, 2.75) is 30.7 Å². The zero-order valence-corrected chi connectivity index (χ0v) is 12.0. The first-order valence-corrected chi connectivity index (χ1v) is 7.14. The van der Waals surface area contributed by atoms with Gasteiger partial charge in [-0.1, -0.05) is 24.3 Å². The highest BCUT2D eigenvalue weighted by Gasteiger charge is 2.52. The average Bonchev–Trinajstić information content (AvgIpc) is 2.98. The Morgan fingerprint density at radius 1 is 1.36 bits per heavy atom. The average molecular weight is 306 g/mol. The maximum atomic E-state index is 12.2. The van der Waals surface area contributed by atoms with Gasteiger partial charge in [0.05, 0.1) is 18.8 Å². The largest absolute Gasteiger partial charge is 0.453 e. The van der Waals surface area contributed by atoms with E-state index in [9.17, 15) is 9.90 Å². The molecule has 1 aromatic carbocycles. The molecule has 0 saturated carbocycles. The third kappa shape index (κ3) is 2.91. The standard InChI is InChI=1S/C16H18O6/c1-2-8-19-14-12(17)13(11-9-20-16(14)21-11)22-15(18)10-6-4-3-5-7-10/h2-7,11-14,16-17H,1,8-9H2/t11-,12+,13-,14+,16-/m1/s1. The number of aliphatic hydroxyl groups is 1. The van der Waals surface area contributed by atoms with Crippen molar-refractivity contribution in [3.8, 4) is 0 Å². The molecular formula is C16H18O6. The van der Waals surface area contributed by atoms with Gasteiger partial charge in [-0.3, -0.25) is 0 Å². The van der Waals surface area contributed by atoms with E-state index in [0.29, 0.717) is 5.56 Å². The van der Waals surface area contributed by atoms with Crippen molar-refractivity contribution in [3.63, 3.8) is 0 Å². The van der Waals surface area contributed by atoms with E-state index in [1.807, 2.05) is 6.07 Å². The summed E-state index contributed by atoms with van der Waals surface area (Å²) in [6.45, 7) is 4.06. The summed E-state index contributed by atoms with van der Waals surface area (Å²) < 4.78 is 22.0. The van der Waals surface area contributed by atoms with E-state index < -0.39 is 36.7 Å². The molecule has 0 spiro atoms. The van der Waals surface area contributed by atoms with Gasteiger partial charge in [-0.2, -0.15) is 0 Å². The van der Waals surface area contributed by atoms with Gasteiger partial charge in [-0.05, 0) is 12.1 Å². The monoisotopic (exact) mass is 306 g/mol. The number of esters is 1. The van der Waals surface area contributed by atoms with Crippen LogP contribution in [0.1, 0.15) is 10.4 Å². The van der Waals surface area contributed by atoms with Gasteiger partial charge in [0.1, 0.15) is 18.3 Å². The Balaban J connectivity index is 1.71. The normalized spacial score (nSPS) is 33.4. The van der Waals surface area contributed by atoms with E-state index >= 15 is 0 Å². The Morgan fingerprint density at radius 2 is 2.14 bits per heavy atom. The quantitative estimate of drug-likeness (QED) is 0.643. The highest BCUT2D eigenvalue weighted by molar-refractivity contribution is 5.89. The lowest BCUT2D eigenvalue weighted by Gasteiger charge is -2.37. The maximum absolute atomic E-state index is 12.2. The molecule has 1 N–H and O–H groups in total. The fourth-order valence-corrected chi connectivity index (χ4v) is 2.62. The summed E-state index contributed by atoms with van der Waals surface area (Å²) in [6, 6.07) is 8.60. The van der Waals surface area contributed by atoms with Gasteiger partial charge in [-0.25, -0.2) is 4.79 Å². The molecule has 6 heteroatoms. The molecule has 118 valence electrons. The Morgan fingerprint density at radius 3 is 2.86 bits per heavy atom. The zero-order valence-electron chi connectivity index (χ0n) is 12.0. The fourth-order valence-electron chi connectivity index (χ4n) is 2.62. The van der Waals surface area contributed by atoms with Gasteiger partial charge in [0.25, 0.3) is 0 Å². The molecule has 0 unspecified atom stereocenters. The Hall–Kier alpha value is -1.73. The number of aliphatic hydroxyl groups excluding tert-OH is 1. The summed E-state index contributed by atoms with van der Waals surface area (Å²) in [4.78, 5) is 12.2. The maximum Gasteiger partial charge on any atom is 0.338 e. The molecule has 2 saturated heterocycles. The summed E-state index contributed by atoms with van der Waals surface area (Å²) >= 11 is 0. The first-order chi connectivity index (χ1) is 10.7. The van der Waals surface area contributed by atoms with E-state index in [2.05, 4.69) is 6.58 Å². The highest BCUT2D eigenvalue weighted by Crippen LogP contribution is 2.32. The Kier molecular flexibility index (Phi) is 4.54. The molecule has 0 aliphatic carbocycles. The van der Waals surface area contributed by atoms with Crippen LogP contribution in [0, 0.1) is 0 Å². The Bertz CT molecular complexity index is 531. The first kappa shape index (κ1) is 15.2. The molecule has 22 heavy (non-hydrogen) atoms. The molecule has 5 atom stereocenters. The van der Waals surface area contributed by atoms with Crippen molar-refractivity contribution in [2.75, 3.05) is 13.2 Å². The molecule has 2 aliphatic rings. The van der Waals surface area contributed by atoms with Crippen LogP contribution in [0.5, 0.6) is 0 Å². The molecule has 2 heterocycles. The minimum atomic E-state index is -1.01. The van der Waals surface area contributed by atoms with Gasteiger partial charge in [0.15, 0.2) is 12.4 Å². The van der Waals surface area contributed by atoms with Crippen molar-refractivity contribution in [2.24, 2.45) is 0 Å². The van der Waals surface area contributed by atoms with Crippen molar-refractivity contribution in [1.82, 2.24) is 0 Å². The lowest BCUT2D eigenvalue weighted by atomic mass is 10.0. The van der Waals surface area contributed by atoms with E-state index in [0.717, 1.165) is 0 Å². The van der Waals surface area contributed by atoms with E-state index in [1.165, 1.54) is 0 Å². The van der Waals surface area contributed by atoms with Gasteiger partial charge >= 0.3 is 5.97 Å². The number of hydrogen-bond donors (Lipinski definition) is 1. The number of carbonyl (C=O) groups excluding carboxylic acids is 1. The number of hydrogen-bond acceptors (Lipinski definition) is 6. The van der Waals surface area contributed by atoms with Crippen LogP contribution in [0.15, 0.2) is 43.0 Å². The SMILES string of the molecule is C=CCO[C@@H]1[C@@H]2OC[C@@H](O2)[C@@H](OC(=O)c2ccccc2)[C@@H]1O. The van der Waals surface area contributed by atoms with Crippen LogP contribution in [0.25, 0.3) is 0 Å². The van der Waals surface area contributed by atoms with Gasteiger partial charge in [0, 0.05) is 0 Å². The lowest BCUT2D eigenvalue weighted by molar-refractivity contribution is -0.240. The highest BCUT2D eigenvalue weighted by atomic mass is 16.8. The zero-order chi connectivity index (χ0) is 15.5. The summed E-state index contributed by atoms with van der Waals surface area (Å²) in [7, 11) is 0. The van der Waals surface area contributed by atoms with Crippen LogP contribution in [-0.2, 0) is 18.9 Å². The van der Waals surface area contributed by atoms with Crippen molar-refractivity contribution >= 4 is 5.97 Å². The lowest BCUT2D eigenvalue weighted by Crippen LogP contribution is -2.56. The van der Waals surface area contributed by atoms with Gasteiger partial charge < -0.3 is 24.1 Å². The van der Waals surface area contributed by atoms with Crippen LogP contribution in [-0.4, -0.2) is 55.0 Å². The van der Waals surface area contributed by atoms with Crippen LogP contribution in [0.4, 0.5) is 0 Å². The molecule has 2 bridgehead atoms. The molecule has 2 aliphatic heterocycles. The smallest absolute Gasteiger partial charge is 0.338 e. The van der Waals surface area contributed by atoms with Crippen LogP contribution < -0.4 is 0 Å².